The third-order valence-corrected chi connectivity index (χ3v) is 2.02. The van der Waals surface area contributed by atoms with Crippen molar-refractivity contribution in [2.75, 3.05) is 7.11 Å². The van der Waals surface area contributed by atoms with Crippen molar-refractivity contribution < 1.29 is 31.4 Å². The predicted octanol–water partition coefficient (Wildman–Crippen LogP) is 2.99. The molecular formula is C10H7F5N2O2. The summed E-state index contributed by atoms with van der Waals surface area (Å²) in [5, 5.41) is 8.54. The van der Waals surface area contributed by atoms with Gasteiger partial charge in [0.05, 0.1) is 31.4 Å². The molecule has 9 heteroatoms. The van der Waals surface area contributed by atoms with Crippen LogP contribution in [-0.2, 0) is 6.42 Å². The fourth-order valence-corrected chi connectivity index (χ4v) is 1.37. The van der Waals surface area contributed by atoms with Gasteiger partial charge >= 0.3 is 6.36 Å². The van der Waals surface area contributed by atoms with Gasteiger partial charge in [-0.05, 0) is 0 Å². The molecule has 0 saturated carbocycles. The molecule has 0 fully saturated rings. The van der Waals surface area contributed by atoms with Crippen LogP contribution in [0.4, 0.5) is 22.0 Å². The van der Waals surface area contributed by atoms with Crippen LogP contribution in [0.5, 0.6) is 11.5 Å². The highest BCUT2D eigenvalue weighted by atomic mass is 19.4. The Morgan fingerprint density at radius 2 is 2.05 bits per heavy atom. The average Bonchev–Trinajstić information content (AvgIpc) is 2.28. The van der Waals surface area contributed by atoms with E-state index in [1.165, 1.54) is 0 Å². The summed E-state index contributed by atoms with van der Waals surface area (Å²) < 4.78 is 69.9. The highest BCUT2D eigenvalue weighted by molar-refractivity contribution is 5.48. The number of pyridine rings is 1. The Morgan fingerprint density at radius 3 is 2.47 bits per heavy atom. The molecule has 0 atom stereocenters. The standard InChI is InChI=1S/C10H7F5N2O2/c1-18-8-5(2-3-16)6(19-10(13,14)15)4-17-7(8)9(11)12/h4,9H,2H2,1H3. The van der Waals surface area contributed by atoms with Crippen LogP contribution in [0.1, 0.15) is 17.7 Å². The van der Waals surface area contributed by atoms with Crippen LogP contribution >= 0.6 is 0 Å². The highest BCUT2D eigenvalue weighted by Crippen LogP contribution is 2.37. The number of halogens is 5. The monoisotopic (exact) mass is 282 g/mol. The summed E-state index contributed by atoms with van der Waals surface area (Å²) in [4.78, 5) is 3.17. The molecule has 1 rings (SSSR count). The van der Waals surface area contributed by atoms with E-state index in [1.807, 2.05) is 0 Å². The zero-order chi connectivity index (χ0) is 14.6. The maximum Gasteiger partial charge on any atom is 0.573 e. The van der Waals surface area contributed by atoms with E-state index in [0.29, 0.717) is 6.20 Å². The van der Waals surface area contributed by atoms with Gasteiger partial charge in [0.15, 0.2) is 11.5 Å². The first kappa shape index (κ1) is 14.9. The van der Waals surface area contributed by atoms with Crippen LogP contribution in [0, 0.1) is 11.3 Å². The highest BCUT2D eigenvalue weighted by Gasteiger charge is 2.34. The lowest BCUT2D eigenvalue weighted by Crippen LogP contribution is -2.19. The summed E-state index contributed by atoms with van der Waals surface area (Å²) in [6.45, 7) is 0. The van der Waals surface area contributed by atoms with Crippen molar-refractivity contribution in [1.29, 1.82) is 5.26 Å². The van der Waals surface area contributed by atoms with Gasteiger partial charge in [0.1, 0.15) is 5.69 Å². The second-order valence-corrected chi connectivity index (χ2v) is 3.20. The quantitative estimate of drug-likeness (QED) is 0.797. The largest absolute Gasteiger partial charge is 0.573 e. The van der Waals surface area contributed by atoms with E-state index in [4.69, 9.17) is 5.26 Å². The third kappa shape index (κ3) is 3.67. The third-order valence-electron chi connectivity index (χ3n) is 2.02. The Balaban J connectivity index is 3.37. The Labute approximate surface area is 104 Å². The SMILES string of the molecule is COc1c(C(F)F)ncc(OC(F)(F)F)c1CC#N. The van der Waals surface area contributed by atoms with E-state index in [1.54, 1.807) is 6.07 Å². The van der Waals surface area contributed by atoms with Crippen molar-refractivity contribution in [2.45, 2.75) is 19.2 Å². The molecule has 0 aliphatic heterocycles. The molecule has 0 aliphatic carbocycles. The molecule has 0 N–H and O–H groups in total. The lowest BCUT2D eigenvalue weighted by molar-refractivity contribution is -0.275. The molecule has 4 nitrogen and oxygen atoms in total. The molecule has 1 aromatic heterocycles. The van der Waals surface area contributed by atoms with Crippen LogP contribution in [0.3, 0.4) is 0 Å². The summed E-state index contributed by atoms with van der Waals surface area (Å²) in [5.41, 5.74) is -1.27. The first-order valence-electron chi connectivity index (χ1n) is 4.76. The number of methoxy groups -OCH3 is 1. The van der Waals surface area contributed by atoms with Crippen LogP contribution in [0.15, 0.2) is 6.20 Å². The molecular weight excluding hydrogens is 275 g/mol. The number of ether oxygens (including phenoxy) is 2. The Kier molecular flexibility index (Phi) is 4.47. The maximum absolute atomic E-state index is 12.6. The van der Waals surface area contributed by atoms with Crippen molar-refractivity contribution in [3.63, 3.8) is 0 Å². The number of rotatable bonds is 4. The van der Waals surface area contributed by atoms with Crippen molar-refractivity contribution in [1.82, 2.24) is 4.98 Å². The van der Waals surface area contributed by atoms with Gasteiger partial charge < -0.3 is 9.47 Å². The van der Waals surface area contributed by atoms with Gasteiger partial charge in [-0.3, -0.25) is 0 Å². The zero-order valence-corrected chi connectivity index (χ0v) is 9.46. The molecule has 0 amide bonds. The number of nitrogens with zero attached hydrogens (tertiary/aromatic N) is 2. The summed E-state index contributed by atoms with van der Waals surface area (Å²) in [6, 6.07) is 1.55. The summed E-state index contributed by atoms with van der Waals surface area (Å²) in [5.74, 6) is -1.42. The second-order valence-electron chi connectivity index (χ2n) is 3.20. The van der Waals surface area contributed by atoms with Crippen LogP contribution < -0.4 is 9.47 Å². The summed E-state index contributed by atoms with van der Waals surface area (Å²) in [7, 11) is 0.987. The fourth-order valence-electron chi connectivity index (χ4n) is 1.37. The normalized spacial score (nSPS) is 11.3. The van der Waals surface area contributed by atoms with Crippen molar-refractivity contribution in [2.24, 2.45) is 0 Å². The lowest BCUT2D eigenvalue weighted by Gasteiger charge is -2.16. The van der Waals surface area contributed by atoms with Gasteiger partial charge in [0.25, 0.3) is 6.43 Å². The Hall–Kier alpha value is -2.11. The van der Waals surface area contributed by atoms with Crippen LogP contribution in [-0.4, -0.2) is 18.5 Å². The minimum Gasteiger partial charge on any atom is -0.494 e. The van der Waals surface area contributed by atoms with Crippen LogP contribution in [0.25, 0.3) is 0 Å². The van der Waals surface area contributed by atoms with Crippen molar-refractivity contribution >= 4 is 0 Å². The number of nitriles is 1. The average molecular weight is 282 g/mol. The lowest BCUT2D eigenvalue weighted by atomic mass is 10.1. The second kappa shape index (κ2) is 5.69. The number of aromatic nitrogens is 1. The van der Waals surface area contributed by atoms with Gasteiger partial charge in [0, 0.05) is 0 Å². The molecule has 0 aliphatic rings. The molecule has 1 heterocycles. The first-order chi connectivity index (χ1) is 8.80. The van der Waals surface area contributed by atoms with Gasteiger partial charge in [-0.1, -0.05) is 0 Å². The van der Waals surface area contributed by atoms with E-state index in [2.05, 4.69) is 14.5 Å². The van der Waals surface area contributed by atoms with E-state index in [-0.39, 0.29) is 0 Å². The Bertz CT molecular complexity index is 496. The molecule has 0 spiro atoms. The van der Waals surface area contributed by atoms with Gasteiger partial charge in [-0.15, -0.1) is 13.2 Å². The summed E-state index contributed by atoms with van der Waals surface area (Å²) in [6.07, 6.45) is -8.17. The molecule has 0 saturated heterocycles. The molecule has 0 aromatic carbocycles. The molecule has 104 valence electrons. The van der Waals surface area contributed by atoms with Crippen molar-refractivity contribution in [3.05, 3.63) is 17.5 Å². The first-order valence-corrected chi connectivity index (χ1v) is 4.76. The predicted molar refractivity (Wildman–Crippen MR) is 51.7 cm³/mol. The maximum atomic E-state index is 12.6. The number of hydrogen-bond donors (Lipinski definition) is 0. The van der Waals surface area contributed by atoms with E-state index >= 15 is 0 Å². The topological polar surface area (TPSA) is 55.1 Å². The van der Waals surface area contributed by atoms with Crippen molar-refractivity contribution in [3.8, 4) is 17.6 Å². The minimum absolute atomic E-state index is 0.423. The Morgan fingerprint density at radius 1 is 1.42 bits per heavy atom. The fraction of sp³-hybridized carbons (Fsp3) is 0.400. The van der Waals surface area contributed by atoms with Gasteiger partial charge in [-0.2, -0.15) is 5.26 Å². The number of alkyl halides is 5. The molecule has 1 aromatic rings. The molecule has 19 heavy (non-hydrogen) atoms. The molecule has 0 unspecified atom stereocenters. The molecule has 0 bridgehead atoms. The van der Waals surface area contributed by atoms with E-state index in [0.717, 1.165) is 7.11 Å². The summed E-state index contributed by atoms with van der Waals surface area (Å²) >= 11 is 0. The smallest absolute Gasteiger partial charge is 0.494 e. The minimum atomic E-state index is -5.02. The van der Waals surface area contributed by atoms with Gasteiger partial charge in [0.2, 0.25) is 0 Å². The van der Waals surface area contributed by atoms with E-state index in [9.17, 15) is 22.0 Å². The molecule has 0 radical (unpaired) electrons. The van der Waals surface area contributed by atoms with E-state index < -0.39 is 42.0 Å². The van der Waals surface area contributed by atoms with Gasteiger partial charge in [-0.25, -0.2) is 13.8 Å². The number of hydrogen-bond acceptors (Lipinski definition) is 4. The van der Waals surface area contributed by atoms with Crippen LogP contribution in [0.2, 0.25) is 0 Å². The zero-order valence-electron chi connectivity index (χ0n) is 9.46.